The quantitative estimate of drug-likeness (QED) is 0.266. The molecule has 1 unspecified atom stereocenters. The minimum Gasteiger partial charge on any atom is -0.508 e. The van der Waals surface area contributed by atoms with Crippen molar-refractivity contribution in [3.05, 3.63) is 46.5 Å². The molecule has 2 aromatic rings. The summed E-state index contributed by atoms with van der Waals surface area (Å²) in [5.41, 5.74) is 4.96. The molecule has 272 valence electrons. The smallest absolute Gasteiger partial charge is 0.118 e. The molecule has 1 aliphatic rings. The fourth-order valence-electron chi connectivity index (χ4n) is 6.43. The fraction of sp³-hybridized carbons (Fsp3) is 0.714. The van der Waals surface area contributed by atoms with E-state index in [9.17, 15) is 10.2 Å². The minimum absolute atomic E-state index is 0.0235. The topological polar surface area (TPSA) is 40.5 Å². The van der Waals surface area contributed by atoms with Crippen LogP contribution in [0.25, 0.3) is 0 Å². The highest BCUT2D eigenvalue weighted by molar-refractivity contribution is 8.03. The van der Waals surface area contributed by atoms with Crippen molar-refractivity contribution >= 4 is 50.0 Å². The van der Waals surface area contributed by atoms with Crippen LogP contribution in [0, 0.1) is 0 Å². The lowest BCUT2D eigenvalue weighted by Crippen LogP contribution is -2.50. The number of rotatable bonds is 8. The Morgan fingerprint density at radius 3 is 1.12 bits per heavy atom. The monoisotopic (exact) mass is 728 g/mol. The normalized spacial score (nSPS) is 19.2. The van der Waals surface area contributed by atoms with Crippen molar-refractivity contribution in [2.45, 2.75) is 191 Å². The summed E-state index contributed by atoms with van der Waals surface area (Å²) in [6.07, 6.45) is 7.63. The van der Waals surface area contributed by atoms with Crippen molar-refractivity contribution in [1.82, 2.24) is 0 Å². The van der Waals surface area contributed by atoms with Gasteiger partial charge in [0.2, 0.25) is 0 Å². The van der Waals surface area contributed by atoms with E-state index in [4.69, 9.17) is 0 Å². The van der Waals surface area contributed by atoms with Crippen LogP contribution in [0.2, 0.25) is 36.3 Å². The van der Waals surface area contributed by atoms with E-state index < -0.39 is 16.1 Å². The van der Waals surface area contributed by atoms with Gasteiger partial charge in [0, 0.05) is 33.1 Å². The van der Waals surface area contributed by atoms with E-state index in [1.54, 1.807) is 0 Å². The maximum absolute atomic E-state index is 11.9. The summed E-state index contributed by atoms with van der Waals surface area (Å²) in [5.74, 6) is 2.80. The summed E-state index contributed by atoms with van der Waals surface area (Å²) in [6, 6.07) is 9.29. The zero-order valence-electron chi connectivity index (χ0n) is 33.8. The van der Waals surface area contributed by atoms with Gasteiger partial charge in [0.1, 0.15) is 11.5 Å². The van der Waals surface area contributed by atoms with Crippen LogP contribution >= 0.6 is 23.5 Å². The molecule has 1 saturated carbocycles. The third-order valence-corrected chi connectivity index (χ3v) is 26.3. The molecular weight excluding hydrogens is 657 g/mol. The molecule has 0 spiro atoms. The number of benzene rings is 2. The van der Waals surface area contributed by atoms with Crippen molar-refractivity contribution < 1.29 is 10.2 Å². The maximum atomic E-state index is 11.9. The molecule has 0 bridgehead atoms. The van der Waals surface area contributed by atoms with E-state index in [1.807, 2.05) is 0 Å². The second-order valence-electron chi connectivity index (χ2n) is 20.0. The molecule has 0 amide bonds. The van der Waals surface area contributed by atoms with Gasteiger partial charge in [-0.25, -0.2) is 0 Å². The standard InChI is InChI=1S/C42H72O2S2Si2/c1-39(2,3)31-23-29(37(43)35(25-31)47(13,14)41(7,8)9)27-45-33-21-19-17-18-20-22-34(33)46-28-30-24-32(40(4,5)6)26-36(38(30)44)48(15,16)42(10,11)12/h23-26,33-34,43-44H,17-22,27-28H2,1-16H3/t33-,34?/m0/s1. The van der Waals surface area contributed by atoms with Gasteiger partial charge in [0.15, 0.2) is 0 Å². The van der Waals surface area contributed by atoms with Gasteiger partial charge in [-0.15, -0.1) is 0 Å². The second-order valence-corrected chi connectivity index (χ2v) is 33.0. The highest BCUT2D eigenvalue weighted by Gasteiger charge is 2.41. The van der Waals surface area contributed by atoms with Gasteiger partial charge in [0.25, 0.3) is 0 Å². The first kappa shape index (κ1) is 41.6. The van der Waals surface area contributed by atoms with Crippen LogP contribution in [-0.2, 0) is 22.3 Å². The van der Waals surface area contributed by atoms with Gasteiger partial charge in [0.05, 0.1) is 16.1 Å². The lowest BCUT2D eigenvalue weighted by molar-refractivity contribution is 0.471. The Morgan fingerprint density at radius 1 is 0.542 bits per heavy atom. The van der Waals surface area contributed by atoms with Gasteiger partial charge in [-0.3, -0.25) is 0 Å². The van der Waals surface area contributed by atoms with Crippen molar-refractivity contribution in [3.8, 4) is 11.5 Å². The summed E-state index contributed by atoms with van der Waals surface area (Å²) in [7, 11) is -3.90. The summed E-state index contributed by atoms with van der Waals surface area (Å²) < 4.78 is 0. The van der Waals surface area contributed by atoms with Crippen LogP contribution in [0.5, 0.6) is 11.5 Å². The molecule has 3 rings (SSSR count). The Hall–Kier alpha value is -0.826. The van der Waals surface area contributed by atoms with Crippen LogP contribution in [0.4, 0.5) is 0 Å². The number of phenolic OH excluding ortho intramolecular Hbond substituents is 2. The molecule has 2 N–H and O–H groups in total. The largest absolute Gasteiger partial charge is 0.508 e. The van der Waals surface area contributed by atoms with Crippen LogP contribution in [0.3, 0.4) is 0 Å². The Balaban J connectivity index is 1.98. The highest BCUT2D eigenvalue weighted by atomic mass is 32.2. The predicted molar refractivity (Wildman–Crippen MR) is 225 cm³/mol. The summed E-state index contributed by atoms with van der Waals surface area (Å²) in [6.45, 7) is 37.6. The third-order valence-electron chi connectivity index (χ3n) is 12.3. The molecule has 0 heterocycles. The number of aromatic hydroxyl groups is 2. The van der Waals surface area contributed by atoms with Crippen molar-refractivity contribution in [2.24, 2.45) is 0 Å². The zero-order chi connectivity index (χ0) is 36.7. The van der Waals surface area contributed by atoms with E-state index >= 15 is 0 Å². The summed E-state index contributed by atoms with van der Waals surface area (Å²) in [4.78, 5) is 0. The molecule has 0 aliphatic heterocycles. The molecule has 1 fully saturated rings. The lowest BCUT2D eigenvalue weighted by atomic mass is 9.86. The first-order valence-electron chi connectivity index (χ1n) is 18.7. The van der Waals surface area contributed by atoms with Crippen LogP contribution in [0.1, 0.15) is 144 Å². The fourth-order valence-corrected chi connectivity index (χ4v) is 13.6. The molecule has 2 aromatic carbocycles. The lowest BCUT2D eigenvalue weighted by Gasteiger charge is -2.39. The molecule has 6 heteroatoms. The molecule has 0 saturated heterocycles. The van der Waals surface area contributed by atoms with Gasteiger partial charge in [-0.1, -0.05) is 159 Å². The zero-order valence-corrected chi connectivity index (χ0v) is 37.5. The maximum Gasteiger partial charge on any atom is 0.118 e. The minimum atomic E-state index is -1.95. The van der Waals surface area contributed by atoms with E-state index in [-0.39, 0.29) is 20.9 Å². The van der Waals surface area contributed by atoms with Gasteiger partial charge in [-0.05, 0) is 55.2 Å². The Labute approximate surface area is 307 Å². The van der Waals surface area contributed by atoms with Gasteiger partial charge >= 0.3 is 0 Å². The van der Waals surface area contributed by atoms with E-state index in [0.29, 0.717) is 22.0 Å². The summed E-state index contributed by atoms with van der Waals surface area (Å²) >= 11 is 4.16. The SMILES string of the molecule is CC(C)(C)c1cc(CSC2CCCCCC[C@@H]2SCc2cc(C(C)(C)C)cc([Si](C)(C)C(C)(C)C)c2O)c(O)c([Si](C)(C)C(C)(C)C)c1. The predicted octanol–water partition coefficient (Wildman–Crippen LogP) is 12.4. The molecule has 48 heavy (non-hydrogen) atoms. The van der Waals surface area contributed by atoms with Crippen molar-refractivity contribution in [1.29, 1.82) is 0 Å². The first-order chi connectivity index (χ1) is 21.7. The Morgan fingerprint density at radius 2 is 0.854 bits per heavy atom. The molecule has 2 nitrogen and oxygen atoms in total. The highest BCUT2D eigenvalue weighted by Crippen LogP contribution is 2.44. The molecule has 0 aromatic heterocycles. The molecule has 0 radical (unpaired) electrons. The number of phenols is 2. The van der Waals surface area contributed by atoms with Crippen LogP contribution < -0.4 is 10.4 Å². The number of hydrogen-bond donors (Lipinski definition) is 2. The van der Waals surface area contributed by atoms with Crippen molar-refractivity contribution in [2.75, 3.05) is 0 Å². The van der Waals surface area contributed by atoms with Crippen LogP contribution in [0.15, 0.2) is 24.3 Å². The number of thioether (sulfide) groups is 2. The Bertz CT molecular complexity index is 1290. The number of hydrogen-bond acceptors (Lipinski definition) is 4. The first-order valence-corrected chi connectivity index (χ1v) is 26.8. The van der Waals surface area contributed by atoms with Gasteiger partial charge < -0.3 is 10.2 Å². The average Bonchev–Trinajstić information content (AvgIpc) is 2.90. The molecule has 1 aliphatic carbocycles. The molecular formula is C42H72O2S2Si2. The average molecular weight is 729 g/mol. The second kappa shape index (κ2) is 15.0. The van der Waals surface area contributed by atoms with E-state index in [0.717, 1.165) is 22.6 Å². The van der Waals surface area contributed by atoms with E-state index in [1.165, 1.54) is 60.0 Å². The van der Waals surface area contributed by atoms with E-state index in [2.05, 4.69) is 157 Å². The van der Waals surface area contributed by atoms with Crippen molar-refractivity contribution in [3.63, 3.8) is 0 Å². The Kier molecular flexibility index (Phi) is 13.0. The summed E-state index contributed by atoms with van der Waals surface area (Å²) in [5, 5.41) is 27.6. The third kappa shape index (κ3) is 9.53. The molecule has 2 atom stereocenters. The van der Waals surface area contributed by atoms with Crippen LogP contribution in [-0.4, -0.2) is 36.9 Å². The van der Waals surface area contributed by atoms with Gasteiger partial charge in [-0.2, -0.15) is 23.5 Å².